The van der Waals surface area contributed by atoms with Gasteiger partial charge in [0.15, 0.2) is 11.6 Å². The fourth-order valence-corrected chi connectivity index (χ4v) is 5.05. The zero-order valence-corrected chi connectivity index (χ0v) is 19.5. The van der Waals surface area contributed by atoms with Crippen LogP contribution in [0.3, 0.4) is 0 Å². The summed E-state index contributed by atoms with van der Waals surface area (Å²) in [5.41, 5.74) is 1.79. The van der Waals surface area contributed by atoms with Crippen LogP contribution in [0.2, 0.25) is 0 Å². The molecule has 0 fully saturated rings. The third kappa shape index (κ3) is 3.11. The van der Waals surface area contributed by atoms with E-state index >= 15 is 0 Å². The summed E-state index contributed by atoms with van der Waals surface area (Å²) in [6, 6.07) is 18.0. The molecule has 2 aromatic carbocycles. The van der Waals surface area contributed by atoms with Crippen molar-refractivity contribution in [1.82, 2.24) is 14.3 Å². The van der Waals surface area contributed by atoms with Crippen LogP contribution in [0.15, 0.2) is 70.4 Å². The molecule has 168 valence electrons. The molecule has 0 saturated heterocycles. The summed E-state index contributed by atoms with van der Waals surface area (Å²) < 4.78 is 15.7. The molecular weight excluding hydrogens is 438 g/mol. The van der Waals surface area contributed by atoms with Crippen molar-refractivity contribution < 1.29 is 9.00 Å². The van der Waals surface area contributed by atoms with Crippen LogP contribution >= 0.6 is 0 Å². The van der Waals surface area contributed by atoms with Crippen LogP contribution in [-0.4, -0.2) is 50.9 Å². The smallest absolute Gasteiger partial charge is 0.282 e. The Morgan fingerprint density at radius 1 is 0.909 bits per heavy atom. The van der Waals surface area contributed by atoms with Crippen LogP contribution < -0.4 is 15.4 Å². The van der Waals surface area contributed by atoms with Gasteiger partial charge in [-0.3, -0.25) is 13.8 Å². The van der Waals surface area contributed by atoms with Crippen molar-refractivity contribution in [3.63, 3.8) is 0 Å². The van der Waals surface area contributed by atoms with Gasteiger partial charge in [-0.15, -0.1) is 0 Å². The number of benzene rings is 2. The Bertz CT molecular complexity index is 1490. The van der Waals surface area contributed by atoms with Crippen molar-refractivity contribution in [2.24, 2.45) is 0 Å². The molecule has 1 aliphatic heterocycles. The van der Waals surface area contributed by atoms with Gasteiger partial charge in [0.2, 0.25) is 5.91 Å². The van der Waals surface area contributed by atoms with Gasteiger partial charge in [0.05, 0.1) is 38.0 Å². The molecule has 33 heavy (non-hydrogen) atoms. The van der Waals surface area contributed by atoms with Crippen LogP contribution in [0.1, 0.15) is 6.92 Å². The molecular formula is C24H23N5O3S. The van der Waals surface area contributed by atoms with Crippen molar-refractivity contribution in [2.75, 3.05) is 30.2 Å². The second-order valence-electron chi connectivity index (χ2n) is 8.07. The predicted molar refractivity (Wildman–Crippen MR) is 130 cm³/mol. The van der Waals surface area contributed by atoms with Crippen molar-refractivity contribution in [1.29, 1.82) is 0 Å². The second-order valence-corrected chi connectivity index (χ2v) is 9.41. The molecule has 9 heteroatoms. The van der Waals surface area contributed by atoms with Gasteiger partial charge in [-0.2, -0.15) is 4.68 Å². The van der Waals surface area contributed by atoms with E-state index in [0.29, 0.717) is 33.1 Å². The summed E-state index contributed by atoms with van der Waals surface area (Å²) in [5.74, 6) is 0.997. The minimum absolute atomic E-state index is 0.0230. The molecule has 0 saturated carbocycles. The minimum Gasteiger partial charge on any atom is -0.346 e. The number of likely N-dealkylation sites (N-methyl/N-ethyl adjacent to an activating group) is 2. The van der Waals surface area contributed by atoms with E-state index in [-0.39, 0.29) is 17.5 Å². The number of carbonyl (C=O) groups excluding carboxylic acids is 1. The Morgan fingerprint density at radius 2 is 1.64 bits per heavy atom. The number of hydrogen-bond acceptors (Lipinski definition) is 5. The average Bonchev–Trinajstić information content (AvgIpc) is 3.14. The van der Waals surface area contributed by atoms with Crippen LogP contribution in [0, 0.1) is 0 Å². The molecule has 0 N–H and O–H groups in total. The molecule has 1 aliphatic rings. The highest BCUT2D eigenvalue weighted by molar-refractivity contribution is 7.84. The van der Waals surface area contributed by atoms with Crippen LogP contribution in [0.4, 0.5) is 11.5 Å². The van der Waals surface area contributed by atoms with E-state index in [1.807, 2.05) is 55.3 Å². The van der Waals surface area contributed by atoms with Gasteiger partial charge in [0, 0.05) is 20.4 Å². The summed E-state index contributed by atoms with van der Waals surface area (Å²) in [6.07, 6.45) is 1.57. The number of pyridine rings is 1. The molecule has 8 nitrogen and oxygen atoms in total. The molecule has 0 bridgehead atoms. The van der Waals surface area contributed by atoms with Gasteiger partial charge in [-0.25, -0.2) is 9.67 Å². The lowest BCUT2D eigenvalue weighted by atomic mass is 10.1. The SMILES string of the molecule is C[C@@H]1C(=O)N(C)c2ccc(-n3c(=O)c4c(S(C)=O)cccc4n3-c3ccccc3)nc2N1C. The van der Waals surface area contributed by atoms with Crippen LogP contribution in [0.5, 0.6) is 0 Å². The molecule has 0 spiro atoms. The van der Waals surface area contributed by atoms with Crippen LogP contribution in [-0.2, 0) is 15.6 Å². The van der Waals surface area contributed by atoms with Crippen molar-refractivity contribution >= 4 is 39.1 Å². The molecule has 0 radical (unpaired) electrons. The van der Waals surface area contributed by atoms with Gasteiger partial charge in [0.1, 0.15) is 6.04 Å². The molecule has 3 heterocycles. The lowest BCUT2D eigenvalue weighted by molar-refractivity contribution is -0.119. The first-order chi connectivity index (χ1) is 15.8. The monoisotopic (exact) mass is 461 g/mol. The number of amides is 1. The van der Waals surface area contributed by atoms with Crippen molar-refractivity contribution in [2.45, 2.75) is 17.9 Å². The Balaban J connectivity index is 1.86. The first kappa shape index (κ1) is 21.1. The number of rotatable bonds is 3. The Labute approximate surface area is 193 Å². The van der Waals surface area contributed by atoms with Crippen LogP contribution in [0.25, 0.3) is 22.4 Å². The van der Waals surface area contributed by atoms with E-state index in [1.54, 1.807) is 47.2 Å². The Morgan fingerprint density at radius 3 is 2.33 bits per heavy atom. The highest BCUT2D eigenvalue weighted by Gasteiger charge is 2.33. The Kier molecular flexibility index (Phi) is 4.93. The third-order valence-electron chi connectivity index (χ3n) is 6.17. The molecule has 4 aromatic rings. The molecule has 1 unspecified atom stereocenters. The molecule has 1 amide bonds. The van der Waals surface area contributed by atoms with E-state index in [2.05, 4.69) is 0 Å². The van der Waals surface area contributed by atoms with Gasteiger partial charge in [0.25, 0.3) is 5.56 Å². The standard InChI is InChI=1S/C24H23N5O3S/c1-15-23(30)27(3)18-13-14-20(25-22(18)26(15)2)29-24(31)21-17(11-8-12-19(21)33(4)32)28(29)16-9-6-5-7-10-16/h5-15H,1-4H3/t15-,33?/m1/s1. The zero-order chi connectivity index (χ0) is 23.4. The maximum atomic E-state index is 13.8. The molecule has 2 aromatic heterocycles. The summed E-state index contributed by atoms with van der Waals surface area (Å²) in [7, 11) is 2.20. The number of para-hydroxylation sites is 1. The lowest BCUT2D eigenvalue weighted by Gasteiger charge is -2.37. The van der Waals surface area contributed by atoms with Gasteiger partial charge >= 0.3 is 0 Å². The normalized spacial score (nSPS) is 16.8. The van der Waals surface area contributed by atoms with Crippen molar-refractivity contribution in [3.8, 4) is 11.5 Å². The number of aromatic nitrogens is 3. The third-order valence-corrected chi connectivity index (χ3v) is 7.13. The maximum absolute atomic E-state index is 13.8. The number of hydrogen-bond donors (Lipinski definition) is 0. The van der Waals surface area contributed by atoms with E-state index in [4.69, 9.17) is 4.98 Å². The predicted octanol–water partition coefficient (Wildman–Crippen LogP) is 2.71. The molecule has 5 rings (SSSR count). The first-order valence-electron chi connectivity index (χ1n) is 10.5. The maximum Gasteiger partial charge on any atom is 0.282 e. The fraction of sp³-hybridized carbons (Fsp3) is 0.208. The average molecular weight is 462 g/mol. The molecule has 2 atom stereocenters. The largest absolute Gasteiger partial charge is 0.346 e. The molecule has 0 aliphatic carbocycles. The summed E-state index contributed by atoms with van der Waals surface area (Å²) in [4.78, 5) is 35.0. The lowest BCUT2D eigenvalue weighted by Crippen LogP contribution is -2.49. The Hall–Kier alpha value is -3.72. The summed E-state index contributed by atoms with van der Waals surface area (Å²) in [5, 5.41) is 0.399. The van der Waals surface area contributed by atoms with Gasteiger partial charge < -0.3 is 9.80 Å². The van der Waals surface area contributed by atoms with Gasteiger partial charge in [-0.05, 0) is 43.3 Å². The summed E-state index contributed by atoms with van der Waals surface area (Å²) in [6.45, 7) is 1.83. The number of fused-ring (bicyclic) bond motifs is 2. The number of nitrogens with zero attached hydrogens (tertiary/aromatic N) is 5. The van der Waals surface area contributed by atoms with E-state index in [1.165, 1.54) is 4.68 Å². The van der Waals surface area contributed by atoms with E-state index < -0.39 is 10.8 Å². The highest BCUT2D eigenvalue weighted by Crippen LogP contribution is 2.34. The van der Waals surface area contributed by atoms with E-state index in [0.717, 1.165) is 5.69 Å². The van der Waals surface area contributed by atoms with Crippen molar-refractivity contribution in [3.05, 3.63) is 71.0 Å². The quantitative estimate of drug-likeness (QED) is 0.469. The highest BCUT2D eigenvalue weighted by atomic mass is 32.2. The van der Waals surface area contributed by atoms with Gasteiger partial charge in [-0.1, -0.05) is 24.3 Å². The fourth-order valence-electron chi connectivity index (χ4n) is 4.30. The summed E-state index contributed by atoms with van der Waals surface area (Å²) >= 11 is 0. The number of carbonyl (C=O) groups is 1. The number of anilines is 2. The minimum atomic E-state index is -1.34. The topological polar surface area (TPSA) is 80.4 Å². The second kappa shape index (κ2) is 7.70. The van der Waals surface area contributed by atoms with E-state index in [9.17, 15) is 13.8 Å². The zero-order valence-electron chi connectivity index (χ0n) is 18.7. The first-order valence-corrected chi connectivity index (χ1v) is 12.0.